The number of aromatic nitrogens is 1. The highest BCUT2D eigenvalue weighted by atomic mass is 79.9. The van der Waals surface area contributed by atoms with E-state index in [0.29, 0.717) is 5.56 Å². The zero-order chi connectivity index (χ0) is 15.7. The van der Waals surface area contributed by atoms with Crippen molar-refractivity contribution in [1.29, 1.82) is 0 Å². The lowest BCUT2D eigenvalue weighted by Crippen LogP contribution is -2.42. The van der Waals surface area contributed by atoms with Gasteiger partial charge in [-0.2, -0.15) is 0 Å². The van der Waals surface area contributed by atoms with E-state index >= 15 is 0 Å². The van der Waals surface area contributed by atoms with E-state index in [4.69, 9.17) is 5.11 Å². The van der Waals surface area contributed by atoms with Crippen molar-refractivity contribution in [2.24, 2.45) is 0 Å². The van der Waals surface area contributed by atoms with Crippen LogP contribution in [-0.4, -0.2) is 45.7 Å². The van der Waals surface area contributed by atoms with Crippen LogP contribution in [0.3, 0.4) is 0 Å². The Morgan fingerprint density at radius 1 is 1.57 bits per heavy atom. The number of nitrogens with one attached hydrogen (secondary N) is 1. The minimum Gasteiger partial charge on any atom is -0.465 e. The third-order valence-electron chi connectivity index (χ3n) is 3.16. The minimum absolute atomic E-state index is 0.0757. The molecule has 1 aromatic heterocycles. The molecule has 0 aliphatic carbocycles. The molecule has 2 atom stereocenters. The van der Waals surface area contributed by atoms with Gasteiger partial charge in [0.1, 0.15) is 22.6 Å². The zero-order valence-electron chi connectivity index (χ0n) is 10.9. The molecule has 2 rings (SSSR count). The van der Waals surface area contributed by atoms with E-state index in [-0.39, 0.29) is 23.4 Å². The highest BCUT2D eigenvalue weighted by Crippen LogP contribution is 2.24. The molecule has 1 aliphatic rings. The maximum absolute atomic E-state index is 13.3. The van der Waals surface area contributed by atoms with Gasteiger partial charge in [0, 0.05) is 6.42 Å². The van der Waals surface area contributed by atoms with Crippen LogP contribution in [0.1, 0.15) is 12.0 Å². The summed E-state index contributed by atoms with van der Waals surface area (Å²) in [7, 11) is 0. The Labute approximate surface area is 127 Å². The van der Waals surface area contributed by atoms with Crippen LogP contribution in [0.15, 0.2) is 10.7 Å². The van der Waals surface area contributed by atoms with Crippen molar-refractivity contribution in [3.63, 3.8) is 0 Å². The number of rotatable bonds is 2. The maximum Gasteiger partial charge on any atom is 0.408 e. The normalized spacial score (nSPS) is 21.4. The summed E-state index contributed by atoms with van der Waals surface area (Å²) in [4.78, 5) is 27.6. The van der Waals surface area contributed by atoms with Crippen LogP contribution in [0.25, 0.3) is 0 Å². The molecule has 9 heteroatoms. The molecule has 0 unspecified atom stereocenters. The molecule has 0 radical (unpaired) electrons. The van der Waals surface area contributed by atoms with Gasteiger partial charge in [-0.1, -0.05) is 0 Å². The molecule has 1 aromatic rings. The Kier molecular flexibility index (Phi) is 4.40. The molecule has 0 saturated carbocycles. The molecule has 2 N–H and O–H groups in total. The summed E-state index contributed by atoms with van der Waals surface area (Å²) >= 11 is 2.90. The summed E-state index contributed by atoms with van der Waals surface area (Å²) in [6.45, 7) is 1.20. The minimum atomic E-state index is -1.38. The fourth-order valence-electron chi connectivity index (χ4n) is 2.13. The maximum atomic E-state index is 13.3. The number of carbonyl (C=O) groups excluding carboxylic acids is 1. The predicted molar refractivity (Wildman–Crippen MR) is 73.3 cm³/mol. The van der Waals surface area contributed by atoms with Crippen molar-refractivity contribution in [3.8, 4) is 0 Å². The molecule has 1 fully saturated rings. The van der Waals surface area contributed by atoms with Gasteiger partial charge in [-0.3, -0.25) is 9.69 Å². The number of halogens is 3. The van der Waals surface area contributed by atoms with Gasteiger partial charge in [-0.25, -0.2) is 18.6 Å². The first-order valence-electron chi connectivity index (χ1n) is 6.06. The fourth-order valence-corrected chi connectivity index (χ4v) is 2.42. The summed E-state index contributed by atoms with van der Waals surface area (Å²) in [5.41, 5.74) is 0.376. The van der Waals surface area contributed by atoms with Crippen LogP contribution >= 0.6 is 15.9 Å². The van der Waals surface area contributed by atoms with Crippen LogP contribution < -0.4 is 5.32 Å². The number of pyridine rings is 1. The number of carboxylic acid groups (broad SMARTS) is 1. The number of amides is 2. The molecule has 2 amide bonds. The molecule has 1 saturated heterocycles. The first-order valence-corrected chi connectivity index (χ1v) is 6.86. The monoisotopic (exact) mass is 363 g/mol. The van der Waals surface area contributed by atoms with Gasteiger partial charge in [0.2, 0.25) is 5.91 Å². The molecular weight excluding hydrogens is 352 g/mol. The third kappa shape index (κ3) is 3.29. The molecule has 1 aliphatic heterocycles. The molecule has 21 heavy (non-hydrogen) atoms. The van der Waals surface area contributed by atoms with E-state index < -0.39 is 30.0 Å². The van der Waals surface area contributed by atoms with Gasteiger partial charge in [0.15, 0.2) is 5.82 Å². The lowest BCUT2D eigenvalue weighted by molar-refractivity contribution is -0.120. The molecule has 0 aromatic carbocycles. The fraction of sp³-hybridized carbons (Fsp3) is 0.417. The first-order chi connectivity index (χ1) is 9.79. The van der Waals surface area contributed by atoms with Crippen LogP contribution in [-0.2, 0) is 4.79 Å². The average molecular weight is 364 g/mol. The van der Waals surface area contributed by atoms with Crippen molar-refractivity contribution in [2.75, 3.05) is 11.9 Å². The quantitative estimate of drug-likeness (QED) is 0.790. The zero-order valence-corrected chi connectivity index (χ0v) is 12.5. The summed E-state index contributed by atoms with van der Waals surface area (Å²) in [5.74, 6) is -1.17. The van der Waals surface area contributed by atoms with Gasteiger partial charge >= 0.3 is 6.09 Å². The van der Waals surface area contributed by atoms with Gasteiger partial charge in [-0.05, 0) is 34.5 Å². The topological polar surface area (TPSA) is 82.5 Å². The number of anilines is 1. The lowest BCUT2D eigenvalue weighted by Gasteiger charge is -2.20. The van der Waals surface area contributed by atoms with E-state index in [2.05, 4.69) is 26.2 Å². The van der Waals surface area contributed by atoms with E-state index in [9.17, 15) is 18.4 Å². The summed E-state index contributed by atoms with van der Waals surface area (Å²) < 4.78 is 26.5. The Bertz CT molecular complexity index is 599. The molecule has 2 heterocycles. The Hall–Kier alpha value is -1.77. The smallest absolute Gasteiger partial charge is 0.408 e. The largest absolute Gasteiger partial charge is 0.465 e. The van der Waals surface area contributed by atoms with Crippen LogP contribution in [0.5, 0.6) is 0 Å². The number of aryl methyl sites for hydroxylation is 1. The molecular formula is C12H12BrF2N3O3. The van der Waals surface area contributed by atoms with Crippen molar-refractivity contribution in [1.82, 2.24) is 9.88 Å². The Balaban J connectivity index is 2.18. The number of hydrogen-bond donors (Lipinski definition) is 2. The van der Waals surface area contributed by atoms with Gasteiger partial charge < -0.3 is 10.4 Å². The molecule has 114 valence electrons. The Morgan fingerprint density at radius 3 is 2.86 bits per heavy atom. The molecule has 6 nitrogen and oxygen atoms in total. The second-order valence-electron chi connectivity index (χ2n) is 4.70. The van der Waals surface area contributed by atoms with E-state index in [1.165, 1.54) is 6.07 Å². The first kappa shape index (κ1) is 15.6. The highest BCUT2D eigenvalue weighted by Gasteiger charge is 2.40. The number of hydrogen-bond acceptors (Lipinski definition) is 3. The van der Waals surface area contributed by atoms with Crippen LogP contribution in [0, 0.1) is 12.7 Å². The summed E-state index contributed by atoms with van der Waals surface area (Å²) in [6, 6.07) is 0.0522. The van der Waals surface area contributed by atoms with Gasteiger partial charge in [-0.15, -0.1) is 0 Å². The van der Waals surface area contributed by atoms with Gasteiger partial charge in [0.05, 0.1) is 6.54 Å². The predicted octanol–water partition coefficient (Wildman–Crippen LogP) is 2.32. The third-order valence-corrected chi connectivity index (χ3v) is 3.72. The summed E-state index contributed by atoms with van der Waals surface area (Å²) in [5, 5.41) is 11.4. The number of nitrogens with zero attached hydrogens (tertiary/aromatic N) is 2. The van der Waals surface area contributed by atoms with E-state index in [1.807, 2.05) is 0 Å². The van der Waals surface area contributed by atoms with Crippen molar-refractivity contribution < 1.29 is 23.5 Å². The van der Waals surface area contributed by atoms with E-state index in [1.54, 1.807) is 6.92 Å². The Morgan fingerprint density at radius 2 is 2.24 bits per heavy atom. The average Bonchev–Trinajstić information content (AvgIpc) is 2.78. The number of alkyl halides is 1. The lowest BCUT2D eigenvalue weighted by atomic mass is 10.2. The van der Waals surface area contributed by atoms with Gasteiger partial charge in [0.25, 0.3) is 0 Å². The second-order valence-corrected chi connectivity index (χ2v) is 5.45. The number of carbonyl (C=O) groups is 2. The highest BCUT2D eigenvalue weighted by molar-refractivity contribution is 9.10. The summed E-state index contributed by atoms with van der Waals surface area (Å²) in [6.07, 6.45) is -2.95. The second kappa shape index (κ2) is 5.92. The van der Waals surface area contributed by atoms with Crippen molar-refractivity contribution in [3.05, 3.63) is 22.1 Å². The standard InChI is InChI=1S/C12H12BrF2N3O3/c1-5-2-7(15)9(13)16-10(5)17-11(19)8-3-6(14)4-18(8)12(20)21/h2,6,8H,3-4H2,1H3,(H,20,21)(H,16,17,19)/t6-,8+/m1/s1. The van der Waals surface area contributed by atoms with Crippen molar-refractivity contribution in [2.45, 2.75) is 25.6 Å². The number of likely N-dealkylation sites (tertiary alicyclic amines) is 1. The molecule has 0 bridgehead atoms. The van der Waals surface area contributed by atoms with Crippen LogP contribution in [0.2, 0.25) is 0 Å². The molecule has 0 spiro atoms. The SMILES string of the molecule is Cc1cc(F)c(Br)nc1NC(=O)[C@@H]1C[C@@H](F)CN1C(=O)O. The van der Waals surface area contributed by atoms with Crippen molar-refractivity contribution >= 4 is 33.7 Å². The van der Waals surface area contributed by atoms with E-state index in [0.717, 1.165) is 4.90 Å². The van der Waals surface area contributed by atoms with Crippen LogP contribution in [0.4, 0.5) is 19.4 Å².